The van der Waals surface area contributed by atoms with E-state index in [1.165, 1.54) is 0 Å². The molecule has 2 unspecified atom stereocenters. The molecule has 0 saturated carbocycles. The summed E-state index contributed by atoms with van der Waals surface area (Å²) in [5, 5.41) is 34.0. The Morgan fingerprint density at radius 2 is 0.711 bits per heavy atom. The number of carboxylic acids is 2. The number of aliphatic hydroxyl groups is 2. The van der Waals surface area contributed by atoms with Gasteiger partial charge in [-0.15, -0.1) is 0 Å². The van der Waals surface area contributed by atoms with Gasteiger partial charge in [0.15, 0.2) is 11.6 Å². The number of rotatable bonds is 12. The average molecular weight is 764 g/mol. The van der Waals surface area contributed by atoms with Crippen LogP contribution in [0.25, 0.3) is 0 Å². The number of carbonyl (C=O) groups is 4. The number of ketones is 2. The maximum absolute atomic E-state index is 12.8. The van der Waals surface area contributed by atoms with E-state index in [0.29, 0.717) is 0 Å². The molecular weight excluding hydrogens is 721 g/mol. The molecule has 0 bridgehead atoms. The average Bonchev–Trinajstić information content (AvgIpc) is 2.77. The van der Waals surface area contributed by atoms with Gasteiger partial charge in [-0.1, -0.05) is 27.7 Å². The van der Waals surface area contributed by atoms with Gasteiger partial charge in [-0.05, 0) is 53.4 Å². The zero-order valence-electron chi connectivity index (χ0n) is 26.1. The standard InChI is InChI=1S/2C8H9F5O3.2C5H12O.Zr/c2*1-2-4(5(14)3-6(15)16)7(9,10)8(11,12)13;2*1-4-5(2,3)6;/h2*4H,2-3H2,1H3,(H,15,16);2*6H,4H2,1-3H3;. The molecule has 0 aliphatic heterocycles. The minimum atomic E-state index is -5.86. The van der Waals surface area contributed by atoms with Crippen LogP contribution in [0.1, 0.15) is 93.9 Å². The molecule has 19 heteroatoms. The van der Waals surface area contributed by atoms with Crippen LogP contribution in [0, 0.1) is 11.8 Å². The summed E-state index contributed by atoms with van der Waals surface area (Å²) in [6.45, 7) is 13.0. The Balaban J connectivity index is -0.000000172. The van der Waals surface area contributed by atoms with Gasteiger partial charge >= 0.3 is 36.1 Å². The Bertz CT molecular complexity index is 822. The van der Waals surface area contributed by atoms with Crippen molar-refractivity contribution in [2.45, 2.75) is 129 Å². The second kappa shape index (κ2) is 21.3. The molecule has 8 nitrogen and oxygen atoms in total. The van der Waals surface area contributed by atoms with Gasteiger partial charge in [0.05, 0.1) is 23.0 Å². The van der Waals surface area contributed by atoms with E-state index in [1.807, 2.05) is 13.8 Å². The summed E-state index contributed by atoms with van der Waals surface area (Å²) in [4.78, 5) is 42.0. The van der Waals surface area contributed by atoms with Crippen LogP contribution in [0.15, 0.2) is 0 Å². The predicted octanol–water partition coefficient (Wildman–Crippen LogP) is 6.84. The molecule has 0 amide bonds. The van der Waals surface area contributed by atoms with Crippen molar-refractivity contribution in [1.82, 2.24) is 0 Å². The molecule has 0 spiro atoms. The fraction of sp³-hybridized carbons (Fsp3) is 0.846. The summed E-state index contributed by atoms with van der Waals surface area (Å²) in [6.07, 6.45) is -14.3. The molecule has 4 N–H and O–H groups in total. The summed E-state index contributed by atoms with van der Waals surface area (Å²) in [7, 11) is 0. The third kappa shape index (κ3) is 23.4. The first-order valence-electron chi connectivity index (χ1n) is 13.0. The third-order valence-electron chi connectivity index (χ3n) is 5.61. The molecule has 0 fully saturated rings. The summed E-state index contributed by atoms with van der Waals surface area (Å²) < 4.78 is 123. The first-order chi connectivity index (χ1) is 19.2. The van der Waals surface area contributed by atoms with Gasteiger partial charge in [0.2, 0.25) is 0 Å². The molecule has 0 aromatic heterocycles. The van der Waals surface area contributed by atoms with E-state index in [9.17, 15) is 63.1 Å². The van der Waals surface area contributed by atoms with Gasteiger partial charge < -0.3 is 20.4 Å². The summed E-state index contributed by atoms with van der Waals surface area (Å²) >= 11 is 0. The maximum atomic E-state index is 12.8. The molecule has 0 saturated heterocycles. The van der Waals surface area contributed by atoms with Crippen LogP contribution in [0.3, 0.4) is 0 Å². The number of halogens is 10. The fourth-order valence-electron chi connectivity index (χ4n) is 2.31. The van der Waals surface area contributed by atoms with E-state index in [0.717, 1.165) is 26.7 Å². The number of carbonyl (C=O) groups excluding carboxylic acids is 2. The van der Waals surface area contributed by atoms with E-state index < -0.39 is 96.4 Å². The van der Waals surface area contributed by atoms with E-state index in [1.54, 1.807) is 27.7 Å². The first-order valence-corrected chi connectivity index (χ1v) is 13.0. The number of aliphatic carboxylic acids is 2. The topological polar surface area (TPSA) is 149 Å². The predicted molar refractivity (Wildman–Crippen MR) is 137 cm³/mol. The van der Waals surface area contributed by atoms with Crippen LogP contribution >= 0.6 is 0 Å². The number of alkyl halides is 10. The van der Waals surface area contributed by atoms with Gasteiger partial charge in [-0.25, -0.2) is 0 Å². The molecule has 0 aliphatic carbocycles. The van der Waals surface area contributed by atoms with Gasteiger partial charge in [-0.2, -0.15) is 43.9 Å². The van der Waals surface area contributed by atoms with Crippen molar-refractivity contribution in [3.63, 3.8) is 0 Å². The molecule has 2 atom stereocenters. The van der Waals surface area contributed by atoms with Crippen molar-refractivity contribution in [1.29, 1.82) is 0 Å². The van der Waals surface area contributed by atoms with Crippen LogP contribution in [0.5, 0.6) is 0 Å². The van der Waals surface area contributed by atoms with Crippen molar-refractivity contribution in [2.24, 2.45) is 11.8 Å². The number of hydrogen-bond acceptors (Lipinski definition) is 6. The molecule has 0 aliphatic rings. The van der Waals surface area contributed by atoms with Crippen LogP contribution in [0.4, 0.5) is 43.9 Å². The molecule has 0 heterocycles. The van der Waals surface area contributed by atoms with Crippen LogP contribution in [-0.4, -0.2) is 79.3 Å². The monoisotopic (exact) mass is 762 g/mol. The Kier molecular flexibility index (Phi) is 25.0. The zero-order chi connectivity index (χ0) is 36.7. The summed E-state index contributed by atoms with van der Waals surface area (Å²) in [6, 6.07) is 0. The number of carboxylic acid groups (broad SMARTS) is 2. The van der Waals surface area contributed by atoms with Crippen molar-refractivity contribution in [3.05, 3.63) is 0 Å². The van der Waals surface area contributed by atoms with Crippen LogP contribution in [0.2, 0.25) is 0 Å². The minimum Gasteiger partial charge on any atom is -0.481 e. The Morgan fingerprint density at radius 1 is 0.533 bits per heavy atom. The molecule has 0 aromatic carbocycles. The Labute approximate surface area is 274 Å². The molecular formula is C26H42F10O8Zr. The molecule has 268 valence electrons. The van der Waals surface area contributed by atoms with Crippen molar-refractivity contribution in [3.8, 4) is 0 Å². The van der Waals surface area contributed by atoms with E-state index in [4.69, 9.17) is 20.4 Å². The van der Waals surface area contributed by atoms with Crippen LogP contribution < -0.4 is 0 Å². The minimum absolute atomic E-state index is 0. The van der Waals surface area contributed by atoms with E-state index in [2.05, 4.69) is 0 Å². The molecule has 0 rings (SSSR count). The molecule has 0 radical (unpaired) electrons. The third-order valence-corrected chi connectivity index (χ3v) is 5.61. The van der Waals surface area contributed by atoms with Gasteiger partial charge in [0.25, 0.3) is 0 Å². The summed E-state index contributed by atoms with van der Waals surface area (Å²) in [5.74, 6) is -22.4. The van der Waals surface area contributed by atoms with Crippen molar-refractivity contribution >= 4 is 23.5 Å². The largest absolute Gasteiger partial charge is 0.481 e. The quantitative estimate of drug-likeness (QED) is 0.125. The molecule has 45 heavy (non-hydrogen) atoms. The zero-order valence-corrected chi connectivity index (χ0v) is 28.6. The second-order valence-electron chi connectivity index (χ2n) is 10.6. The fourth-order valence-corrected chi connectivity index (χ4v) is 2.31. The van der Waals surface area contributed by atoms with Gasteiger partial charge in [0, 0.05) is 26.2 Å². The van der Waals surface area contributed by atoms with Crippen molar-refractivity contribution < 1.29 is 110 Å². The second-order valence-corrected chi connectivity index (χ2v) is 10.6. The van der Waals surface area contributed by atoms with Gasteiger partial charge in [-0.3, -0.25) is 19.2 Å². The molecule has 0 aromatic rings. The Morgan fingerprint density at radius 3 is 0.800 bits per heavy atom. The SMILES string of the molecule is CCC(C(=O)CC(=O)O)C(F)(F)C(F)(F)F.CCC(C(=O)CC(=O)O)C(F)(F)C(F)(F)F.CCC(C)(C)O.CCC(C)(C)O.[Zr]. The van der Waals surface area contributed by atoms with E-state index >= 15 is 0 Å². The smallest absolute Gasteiger partial charge is 0.454 e. The number of Topliss-reactive ketones (excluding diaryl/α,β-unsaturated/α-hetero) is 2. The normalized spacial score (nSPS) is 13.6. The van der Waals surface area contributed by atoms with Crippen LogP contribution in [-0.2, 0) is 45.4 Å². The number of hydrogen-bond donors (Lipinski definition) is 4. The van der Waals surface area contributed by atoms with Gasteiger partial charge in [0.1, 0.15) is 12.8 Å². The Hall–Kier alpha value is -1.62. The summed E-state index contributed by atoms with van der Waals surface area (Å²) in [5.41, 5.74) is -0.917. The maximum Gasteiger partial charge on any atom is 0.454 e. The van der Waals surface area contributed by atoms with Crippen molar-refractivity contribution in [2.75, 3.05) is 0 Å². The first kappa shape index (κ1) is 52.9. The van der Waals surface area contributed by atoms with E-state index in [-0.39, 0.29) is 26.2 Å².